The Balaban J connectivity index is 1.91. The number of benzene rings is 2. The Morgan fingerprint density at radius 3 is 2.60 bits per heavy atom. The van der Waals surface area contributed by atoms with Crippen LogP contribution >= 0.6 is 11.6 Å². The van der Waals surface area contributed by atoms with Crippen LogP contribution in [-0.4, -0.2) is 5.78 Å². The van der Waals surface area contributed by atoms with Gasteiger partial charge in [-0.1, -0.05) is 54.1 Å². The minimum Gasteiger partial charge on any atom is -0.297 e. The molecule has 1 aliphatic carbocycles. The normalized spacial score (nSPS) is 17.5. The quantitative estimate of drug-likeness (QED) is 0.857. The topological polar surface area (TPSA) is 40.9 Å². The lowest BCUT2D eigenvalue weighted by Gasteiger charge is -2.30. The molecule has 0 fully saturated rings. The predicted octanol–water partition coefficient (Wildman–Crippen LogP) is 3.86. The molecule has 3 heteroatoms. The van der Waals surface area contributed by atoms with Gasteiger partial charge in [-0.25, -0.2) is 0 Å². The summed E-state index contributed by atoms with van der Waals surface area (Å²) < 4.78 is 0. The molecule has 1 aliphatic rings. The highest BCUT2D eigenvalue weighted by Crippen LogP contribution is 2.39. The first-order valence-electron chi connectivity index (χ1n) is 6.48. The second-order valence-corrected chi connectivity index (χ2v) is 5.35. The molecule has 0 saturated carbocycles. The number of ketones is 1. The van der Waals surface area contributed by atoms with Gasteiger partial charge in [-0.3, -0.25) is 4.79 Å². The molecule has 0 bridgehead atoms. The monoisotopic (exact) mass is 281 g/mol. The van der Waals surface area contributed by atoms with Crippen LogP contribution in [0.4, 0.5) is 0 Å². The Kier molecular flexibility index (Phi) is 3.30. The van der Waals surface area contributed by atoms with E-state index in [1.807, 2.05) is 24.3 Å². The van der Waals surface area contributed by atoms with E-state index in [1.54, 1.807) is 24.3 Å². The van der Waals surface area contributed by atoms with E-state index in [0.717, 1.165) is 12.0 Å². The van der Waals surface area contributed by atoms with E-state index >= 15 is 0 Å². The fourth-order valence-electron chi connectivity index (χ4n) is 2.71. The highest BCUT2D eigenvalue weighted by Gasteiger charge is 2.36. The van der Waals surface area contributed by atoms with Crippen molar-refractivity contribution >= 4 is 17.4 Å². The fourth-order valence-corrected chi connectivity index (χ4v) is 2.95. The molecule has 0 aromatic heterocycles. The highest BCUT2D eigenvalue weighted by atomic mass is 35.5. The predicted molar refractivity (Wildman–Crippen MR) is 77.7 cm³/mol. The van der Waals surface area contributed by atoms with Crippen molar-refractivity contribution < 1.29 is 4.79 Å². The molecular formula is C17H12ClNO. The number of nitriles is 1. The van der Waals surface area contributed by atoms with Crippen LogP contribution in [0.2, 0.25) is 5.02 Å². The van der Waals surface area contributed by atoms with Gasteiger partial charge < -0.3 is 0 Å². The number of carbonyl (C=O) groups excluding carboxylic acids is 1. The molecule has 2 unspecified atom stereocenters. The fraction of sp³-hybridized carbons (Fsp3) is 0.176. The standard InChI is InChI=1S/C17H12ClNO/c18-16-8-4-3-7-13(16)15(10-19)17(20)14-9-11-5-1-2-6-12(11)14/h1-8,14-15H,9H2. The van der Waals surface area contributed by atoms with Crippen LogP contribution in [0.3, 0.4) is 0 Å². The summed E-state index contributed by atoms with van der Waals surface area (Å²) >= 11 is 6.10. The van der Waals surface area contributed by atoms with E-state index < -0.39 is 5.92 Å². The number of nitrogens with zero attached hydrogens (tertiary/aromatic N) is 1. The van der Waals surface area contributed by atoms with Gasteiger partial charge in [0.05, 0.1) is 6.07 Å². The van der Waals surface area contributed by atoms with E-state index in [9.17, 15) is 10.1 Å². The van der Waals surface area contributed by atoms with Gasteiger partial charge >= 0.3 is 0 Å². The van der Waals surface area contributed by atoms with E-state index in [0.29, 0.717) is 10.6 Å². The summed E-state index contributed by atoms with van der Waals surface area (Å²) in [6, 6.07) is 17.0. The minimum atomic E-state index is -0.790. The number of hydrogen-bond donors (Lipinski definition) is 0. The third-order valence-electron chi connectivity index (χ3n) is 3.83. The molecular weight excluding hydrogens is 270 g/mol. The van der Waals surface area contributed by atoms with E-state index in [2.05, 4.69) is 6.07 Å². The molecule has 0 heterocycles. The van der Waals surface area contributed by atoms with E-state index in [-0.39, 0.29) is 11.7 Å². The van der Waals surface area contributed by atoms with E-state index in [1.165, 1.54) is 5.56 Å². The molecule has 0 saturated heterocycles. The summed E-state index contributed by atoms with van der Waals surface area (Å²) in [5, 5.41) is 9.83. The first-order valence-corrected chi connectivity index (χ1v) is 6.85. The maximum Gasteiger partial charge on any atom is 0.162 e. The molecule has 0 N–H and O–H groups in total. The lowest BCUT2D eigenvalue weighted by Crippen LogP contribution is -2.29. The smallest absolute Gasteiger partial charge is 0.162 e. The summed E-state index contributed by atoms with van der Waals surface area (Å²) in [7, 11) is 0. The summed E-state index contributed by atoms with van der Waals surface area (Å²) in [5.41, 5.74) is 2.84. The maximum atomic E-state index is 12.6. The minimum absolute atomic E-state index is 0.0562. The van der Waals surface area contributed by atoms with Crippen molar-refractivity contribution in [2.24, 2.45) is 0 Å². The highest BCUT2D eigenvalue weighted by molar-refractivity contribution is 6.31. The number of rotatable bonds is 3. The van der Waals surface area contributed by atoms with E-state index in [4.69, 9.17) is 11.6 Å². The Bertz CT molecular complexity index is 717. The third-order valence-corrected chi connectivity index (χ3v) is 4.17. The van der Waals surface area contributed by atoms with Crippen LogP contribution in [0.15, 0.2) is 48.5 Å². The first kappa shape index (κ1) is 12.9. The Labute approximate surface area is 122 Å². The zero-order valence-electron chi connectivity index (χ0n) is 10.7. The van der Waals surface area contributed by atoms with Gasteiger partial charge in [-0.2, -0.15) is 5.26 Å². The molecule has 0 amide bonds. The van der Waals surface area contributed by atoms with Gasteiger partial charge in [0.2, 0.25) is 0 Å². The molecule has 20 heavy (non-hydrogen) atoms. The van der Waals surface area contributed by atoms with Crippen molar-refractivity contribution in [1.82, 2.24) is 0 Å². The van der Waals surface area contributed by atoms with Gasteiger partial charge in [0.1, 0.15) is 5.92 Å². The van der Waals surface area contributed by atoms with Crippen molar-refractivity contribution in [1.29, 1.82) is 5.26 Å². The molecule has 3 rings (SSSR count). The SMILES string of the molecule is N#CC(C(=O)C1Cc2ccccc21)c1ccccc1Cl. The molecule has 2 aromatic carbocycles. The number of fused-ring (bicyclic) bond motifs is 1. The van der Waals surface area contributed by atoms with Crippen LogP contribution in [0, 0.1) is 11.3 Å². The average Bonchev–Trinajstić information content (AvgIpc) is 2.43. The molecule has 0 radical (unpaired) electrons. The second-order valence-electron chi connectivity index (χ2n) is 4.94. The van der Waals surface area contributed by atoms with Crippen molar-refractivity contribution in [2.45, 2.75) is 18.3 Å². The summed E-state index contributed by atoms with van der Waals surface area (Å²) in [6.07, 6.45) is 0.720. The van der Waals surface area contributed by atoms with Crippen LogP contribution in [-0.2, 0) is 11.2 Å². The van der Waals surface area contributed by atoms with Crippen molar-refractivity contribution in [3.05, 3.63) is 70.2 Å². The lowest BCUT2D eigenvalue weighted by molar-refractivity contribution is -0.121. The Morgan fingerprint density at radius 1 is 1.20 bits per heavy atom. The van der Waals surface area contributed by atoms with Gasteiger partial charge in [0.25, 0.3) is 0 Å². The largest absolute Gasteiger partial charge is 0.297 e. The molecule has 2 nitrogen and oxygen atoms in total. The molecule has 2 atom stereocenters. The maximum absolute atomic E-state index is 12.6. The molecule has 0 spiro atoms. The number of halogens is 1. The lowest BCUT2D eigenvalue weighted by atomic mass is 9.71. The van der Waals surface area contributed by atoms with Gasteiger partial charge in [-0.15, -0.1) is 0 Å². The zero-order valence-corrected chi connectivity index (χ0v) is 11.5. The molecule has 98 valence electrons. The molecule has 2 aromatic rings. The van der Waals surface area contributed by atoms with Crippen molar-refractivity contribution in [2.75, 3.05) is 0 Å². The number of Topliss-reactive ketones (excluding diaryl/α,β-unsaturated/α-hetero) is 1. The van der Waals surface area contributed by atoms with Crippen molar-refractivity contribution in [3.8, 4) is 6.07 Å². The Hall–Kier alpha value is -2.11. The molecule has 0 aliphatic heterocycles. The van der Waals surface area contributed by atoms with Gasteiger partial charge in [-0.05, 0) is 29.2 Å². The summed E-state index contributed by atoms with van der Waals surface area (Å²) in [5.74, 6) is -1.02. The average molecular weight is 282 g/mol. The van der Waals surface area contributed by atoms with Crippen LogP contribution in [0.5, 0.6) is 0 Å². The first-order chi connectivity index (χ1) is 9.72. The number of hydrogen-bond acceptors (Lipinski definition) is 2. The second kappa shape index (κ2) is 5.11. The third kappa shape index (κ3) is 2.01. The van der Waals surface area contributed by atoms with Gasteiger partial charge in [0, 0.05) is 10.9 Å². The van der Waals surface area contributed by atoms with Crippen LogP contribution in [0.1, 0.15) is 28.5 Å². The number of carbonyl (C=O) groups is 1. The van der Waals surface area contributed by atoms with Crippen molar-refractivity contribution in [3.63, 3.8) is 0 Å². The zero-order chi connectivity index (χ0) is 14.1. The van der Waals surface area contributed by atoms with Crippen LogP contribution in [0.25, 0.3) is 0 Å². The summed E-state index contributed by atoms with van der Waals surface area (Å²) in [4.78, 5) is 12.6. The van der Waals surface area contributed by atoms with Crippen LogP contribution < -0.4 is 0 Å². The van der Waals surface area contributed by atoms with Gasteiger partial charge in [0.15, 0.2) is 5.78 Å². The Morgan fingerprint density at radius 2 is 1.90 bits per heavy atom. The summed E-state index contributed by atoms with van der Waals surface area (Å²) in [6.45, 7) is 0.